The number of urea groups is 1. The number of aromatic nitrogens is 2. The number of hydrogen-bond acceptors (Lipinski definition) is 5. The summed E-state index contributed by atoms with van der Waals surface area (Å²) in [6.45, 7) is 9.73. The summed E-state index contributed by atoms with van der Waals surface area (Å²) >= 11 is 1.40. The molecule has 7 nitrogen and oxygen atoms in total. The van der Waals surface area contributed by atoms with E-state index in [9.17, 15) is 9.59 Å². The third kappa shape index (κ3) is 5.40. The molecule has 2 aromatic heterocycles. The summed E-state index contributed by atoms with van der Waals surface area (Å²) in [4.78, 5) is 33.3. The van der Waals surface area contributed by atoms with E-state index in [1.165, 1.54) is 24.2 Å². The van der Waals surface area contributed by atoms with Gasteiger partial charge in [-0.05, 0) is 64.2 Å². The van der Waals surface area contributed by atoms with Crippen LogP contribution in [0.4, 0.5) is 9.80 Å². The van der Waals surface area contributed by atoms with Crippen LogP contribution in [0.15, 0.2) is 4.79 Å². The highest BCUT2D eigenvalue weighted by atomic mass is 32.1. The van der Waals surface area contributed by atoms with E-state index in [1.807, 2.05) is 11.5 Å². The van der Waals surface area contributed by atoms with Gasteiger partial charge in [0.2, 0.25) is 0 Å². The van der Waals surface area contributed by atoms with Crippen molar-refractivity contribution in [1.29, 1.82) is 0 Å². The fourth-order valence-electron chi connectivity index (χ4n) is 3.91. The number of nitrogens with one attached hydrogen (secondary N) is 2. The Balaban J connectivity index is 1.63. The van der Waals surface area contributed by atoms with E-state index in [0.29, 0.717) is 22.8 Å². The van der Waals surface area contributed by atoms with Gasteiger partial charge in [-0.1, -0.05) is 31.6 Å². The molecule has 30 heavy (non-hydrogen) atoms. The smallest absolute Gasteiger partial charge is 0.319 e. The molecule has 2 amide bonds. The first kappa shape index (κ1) is 22.7. The summed E-state index contributed by atoms with van der Waals surface area (Å²) < 4.78 is 1.84. The second kappa shape index (κ2) is 10.4. The minimum absolute atomic E-state index is 0.0291. The van der Waals surface area contributed by atoms with Crippen LogP contribution >= 0.6 is 11.3 Å². The number of amides is 2. The van der Waals surface area contributed by atoms with Crippen molar-refractivity contribution in [3.63, 3.8) is 0 Å². The van der Waals surface area contributed by atoms with Crippen molar-refractivity contribution in [3.05, 3.63) is 21.7 Å². The maximum absolute atomic E-state index is 13.1. The third-order valence-corrected chi connectivity index (χ3v) is 7.06. The lowest BCUT2D eigenvalue weighted by Crippen LogP contribution is -2.31. The van der Waals surface area contributed by atoms with Crippen LogP contribution in [0.2, 0.25) is 0 Å². The van der Waals surface area contributed by atoms with Gasteiger partial charge in [0.15, 0.2) is 0 Å². The Bertz CT molecular complexity index is 936. The van der Waals surface area contributed by atoms with Crippen molar-refractivity contribution in [3.8, 4) is 0 Å². The van der Waals surface area contributed by atoms with Crippen molar-refractivity contribution in [2.24, 2.45) is 5.92 Å². The van der Waals surface area contributed by atoms with Gasteiger partial charge in [-0.25, -0.2) is 9.78 Å². The zero-order chi connectivity index (χ0) is 21.7. The van der Waals surface area contributed by atoms with E-state index in [1.54, 1.807) is 0 Å². The molecule has 166 valence electrons. The molecular weight excluding hydrogens is 398 g/mol. The molecule has 3 heterocycles. The monoisotopic (exact) mass is 433 g/mol. The van der Waals surface area contributed by atoms with Gasteiger partial charge < -0.3 is 10.2 Å². The maximum Gasteiger partial charge on any atom is 0.319 e. The van der Waals surface area contributed by atoms with Crippen LogP contribution in [0.5, 0.6) is 0 Å². The summed E-state index contributed by atoms with van der Waals surface area (Å²) in [5.74, 6) is 1.49. The molecule has 0 fully saturated rings. The number of unbranched alkanes of at least 4 members (excludes halogenated alkanes) is 1. The lowest BCUT2D eigenvalue weighted by atomic mass is 10.0. The SMILES string of the molecule is CCCCN(C)CCCNC(=O)Nc1sc2nc3n(c(=O)c2c1C)CC[C@@H](C)CC3. The fraction of sp³-hybridized carbons (Fsp3) is 0.682. The molecule has 1 aliphatic rings. The highest BCUT2D eigenvalue weighted by Gasteiger charge is 2.21. The lowest BCUT2D eigenvalue weighted by molar-refractivity contribution is 0.251. The zero-order valence-electron chi connectivity index (χ0n) is 18.7. The number of carbonyl (C=O) groups is 1. The van der Waals surface area contributed by atoms with E-state index in [0.717, 1.165) is 61.5 Å². The molecular formula is C22H35N5O2S. The van der Waals surface area contributed by atoms with E-state index in [2.05, 4.69) is 36.4 Å². The molecule has 0 spiro atoms. The lowest BCUT2D eigenvalue weighted by Gasteiger charge is -2.16. The standard InChI is InChI=1S/C22H35N5O2S/c1-5-6-12-26(4)13-7-11-23-22(29)25-19-16(3)18-20(30-19)24-17-9-8-15(2)10-14-27(17)21(18)28/h15H,5-14H2,1-4H3,(H2,23,25,29)/t15-/m0/s1. The predicted octanol–water partition coefficient (Wildman–Crippen LogP) is 3.98. The molecule has 0 aliphatic carbocycles. The Morgan fingerprint density at radius 2 is 2.07 bits per heavy atom. The Labute approximate surface area is 182 Å². The summed E-state index contributed by atoms with van der Waals surface area (Å²) in [6.07, 6.45) is 6.20. The van der Waals surface area contributed by atoms with Crippen molar-refractivity contribution in [2.75, 3.05) is 32.0 Å². The summed E-state index contributed by atoms with van der Waals surface area (Å²) in [7, 11) is 2.12. The first-order valence-electron chi connectivity index (χ1n) is 11.2. The van der Waals surface area contributed by atoms with Gasteiger partial charge >= 0.3 is 6.03 Å². The van der Waals surface area contributed by atoms with Crippen molar-refractivity contribution >= 4 is 32.6 Å². The molecule has 0 bridgehead atoms. The summed E-state index contributed by atoms with van der Waals surface area (Å²) in [6, 6.07) is -0.226. The second-order valence-corrected chi connectivity index (χ2v) is 9.54. The van der Waals surface area contributed by atoms with Crippen LogP contribution in [-0.4, -0.2) is 47.2 Å². The van der Waals surface area contributed by atoms with Gasteiger partial charge in [0.25, 0.3) is 5.56 Å². The first-order chi connectivity index (χ1) is 14.4. The number of rotatable bonds is 8. The zero-order valence-corrected chi connectivity index (χ0v) is 19.5. The number of hydrogen-bond donors (Lipinski definition) is 2. The third-order valence-electron chi connectivity index (χ3n) is 5.96. The molecule has 3 rings (SSSR count). The Morgan fingerprint density at radius 3 is 2.83 bits per heavy atom. The molecule has 0 radical (unpaired) electrons. The minimum atomic E-state index is -0.226. The number of thiophene rings is 1. The fourth-order valence-corrected chi connectivity index (χ4v) is 4.99. The molecule has 1 aliphatic heterocycles. The predicted molar refractivity (Wildman–Crippen MR) is 125 cm³/mol. The number of nitrogens with zero attached hydrogens (tertiary/aromatic N) is 3. The van der Waals surface area contributed by atoms with Crippen LogP contribution in [0, 0.1) is 12.8 Å². The van der Waals surface area contributed by atoms with Crippen LogP contribution in [0.3, 0.4) is 0 Å². The molecule has 8 heteroatoms. The second-order valence-electron chi connectivity index (χ2n) is 8.54. The summed E-state index contributed by atoms with van der Waals surface area (Å²) in [5, 5.41) is 7.20. The normalized spacial score (nSPS) is 16.5. The van der Waals surface area contributed by atoms with Gasteiger partial charge in [-0.3, -0.25) is 14.7 Å². The van der Waals surface area contributed by atoms with Gasteiger partial charge in [0, 0.05) is 19.5 Å². The average Bonchev–Trinajstić information content (AvgIpc) is 2.89. The van der Waals surface area contributed by atoms with E-state index >= 15 is 0 Å². The van der Waals surface area contributed by atoms with Crippen molar-refractivity contribution < 1.29 is 4.79 Å². The molecule has 0 saturated carbocycles. The van der Waals surface area contributed by atoms with Gasteiger partial charge in [0.05, 0.1) is 5.39 Å². The van der Waals surface area contributed by atoms with Crippen molar-refractivity contribution in [1.82, 2.24) is 19.8 Å². The van der Waals surface area contributed by atoms with Crippen molar-refractivity contribution in [2.45, 2.75) is 65.8 Å². The van der Waals surface area contributed by atoms with Crippen LogP contribution in [0.25, 0.3) is 10.2 Å². The van der Waals surface area contributed by atoms with E-state index < -0.39 is 0 Å². The van der Waals surface area contributed by atoms with Crippen LogP contribution < -0.4 is 16.2 Å². The van der Waals surface area contributed by atoms with E-state index in [-0.39, 0.29) is 11.6 Å². The van der Waals surface area contributed by atoms with Crippen LogP contribution in [-0.2, 0) is 13.0 Å². The topological polar surface area (TPSA) is 79.3 Å². The van der Waals surface area contributed by atoms with Gasteiger partial charge in [0.1, 0.15) is 15.7 Å². The minimum Gasteiger partial charge on any atom is -0.338 e. The largest absolute Gasteiger partial charge is 0.338 e. The number of carbonyl (C=O) groups excluding carboxylic acids is 1. The molecule has 0 unspecified atom stereocenters. The quantitative estimate of drug-likeness (QED) is 0.617. The number of aryl methyl sites for hydroxylation is 2. The summed E-state index contributed by atoms with van der Waals surface area (Å²) in [5.41, 5.74) is 0.843. The number of anilines is 1. The Hall–Kier alpha value is -1.93. The molecule has 2 N–H and O–H groups in total. The first-order valence-corrected chi connectivity index (χ1v) is 12.0. The average molecular weight is 434 g/mol. The van der Waals surface area contributed by atoms with E-state index in [4.69, 9.17) is 4.98 Å². The highest BCUT2D eigenvalue weighted by Crippen LogP contribution is 2.32. The molecule has 0 saturated heterocycles. The van der Waals surface area contributed by atoms with Gasteiger partial charge in [-0.2, -0.15) is 0 Å². The Morgan fingerprint density at radius 1 is 1.30 bits per heavy atom. The van der Waals surface area contributed by atoms with Gasteiger partial charge in [-0.15, -0.1) is 0 Å². The molecule has 1 atom stereocenters. The number of fused-ring (bicyclic) bond motifs is 2. The molecule has 2 aromatic rings. The Kier molecular flexibility index (Phi) is 7.88. The molecule has 0 aromatic carbocycles. The highest BCUT2D eigenvalue weighted by molar-refractivity contribution is 7.22. The maximum atomic E-state index is 13.1. The van der Waals surface area contributed by atoms with Crippen LogP contribution in [0.1, 0.15) is 57.3 Å².